The van der Waals surface area contributed by atoms with Crippen molar-refractivity contribution >= 4 is 28.7 Å². The first-order chi connectivity index (χ1) is 13.5. The Labute approximate surface area is 163 Å². The maximum absolute atomic E-state index is 12.2. The van der Waals surface area contributed by atoms with Crippen LogP contribution in [-0.4, -0.2) is 23.9 Å². The molecule has 0 saturated carbocycles. The topological polar surface area (TPSA) is 111 Å². The number of benzene rings is 2. The molecule has 0 heterocycles. The number of nitro benzene ring substituents is 1. The Morgan fingerprint density at radius 3 is 2.43 bits per heavy atom. The van der Waals surface area contributed by atoms with E-state index in [4.69, 9.17) is 0 Å². The van der Waals surface area contributed by atoms with Crippen LogP contribution < -0.4 is 15.5 Å². The number of amides is 1. The van der Waals surface area contributed by atoms with E-state index in [1.807, 2.05) is 30.3 Å². The van der Waals surface area contributed by atoms with E-state index in [2.05, 4.69) is 29.4 Å². The van der Waals surface area contributed by atoms with Gasteiger partial charge >= 0.3 is 0 Å². The monoisotopic (exact) mass is 379 g/mol. The van der Waals surface area contributed by atoms with Crippen molar-refractivity contribution in [3.8, 4) is 6.07 Å². The van der Waals surface area contributed by atoms with Crippen molar-refractivity contribution in [2.75, 3.05) is 28.6 Å². The fraction of sp³-hybridized carbons (Fsp3) is 0.200. The van der Waals surface area contributed by atoms with E-state index in [1.165, 1.54) is 30.5 Å². The molecule has 2 aromatic carbocycles. The summed E-state index contributed by atoms with van der Waals surface area (Å²) in [7, 11) is 0. The fourth-order valence-electron chi connectivity index (χ4n) is 2.56. The SMILES string of the molecule is CCN(CC)c1ccc(N/C=C(/C#N)C(=O)Nc2cccc([N+](=O)[O-])c2)cc1. The molecule has 0 bridgehead atoms. The molecular formula is C20H21N5O3. The second-order valence-electron chi connectivity index (χ2n) is 5.79. The fourth-order valence-corrected chi connectivity index (χ4v) is 2.56. The Kier molecular flexibility index (Phi) is 7.11. The molecule has 0 aliphatic rings. The van der Waals surface area contributed by atoms with Crippen LogP contribution in [0.4, 0.5) is 22.7 Å². The molecule has 0 aliphatic carbocycles. The number of nitriles is 1. The number of nitrogens with zero attached hydrogens (tertiary/aromatic N) is 3. The summed E-state index contributed by atoms with van der Waals surface area (Å²) in [6, 6.07) is 15.0. The molecule has 0 saturated heterocycles. The van der Waals surface area contributed by atoms with Crippen LogP contribution >= 0.6 is 0 Å². The minimum Gasteiger partial charge on any atom is -0.372 e. The van der Waals surface area contributed by atoms with Gasteiger partial charge in [-0.05, 0) is 44.2 Å². The minimum absolute atomic E-state index is 0.147. The van der Waals surface area contributed by atoms with Crippen LogP contribution in [0.15, 0.2) is 60.3 Å². The summed E-state index contributed by atoms with van der Waals surface area (Å²) in [6.07, 6.45) is 1.30. The van der Waals surface area contributed by atoms with E-state index in [0.717, 1.165) is 24.5 Å². The van der Waals surface area contributed by atoms with Crippen molar-refractivity contribution in [2.24, 2.45) is 0 Å². The summed E-state index contributed by atoms with van der Waals surface area (Å²) >= 11 is 0. The maximum Gasteiger partial charge on any atom is 0.271 e. The lowest BCUT2D eigenvalue weighted by Crippen LogP contribution is -2.21. The van der Waals surface area contributed by atoms with Crippen molar-refractivity contribution in [1.29, 1.82) is 5.26 Å². The molecule has 0 aliphatic heterocycles. The smallest absolute Gasteiger partial charge is 0.271 e. The summed E-state index contributed by atoms with van der Waals surface area (Å²) in [5, 5.41) is 25.5. The largest absolute Gasteiger partial charge is 0.372 e. The highest BCUT2D eigenvalue weighted by Gasteiger charge is 2.12. The van der Waals surface area contributed by atoms with Gasteiger partial charge in [-0.15, -0.1) is 0 Å². The van der Waals surface area contributed by atoms with E-state index in [1.54, 1.807) is 0 Å². The average molecular weight is 379 g/mol. The average Bonchev–Trinajstić information content (AvgIpc) is 2.70. The van der Waals surface area contributed by atoms with E-state index in [0.29, 0.717) is 0 Å². The third-order valence-electron chi connectivity index (χ3n) is 4.06. The Hall–Kier alpha value is -3.86. The van der Waals surface area contributed by atoms with E-state index in [9.17, 15) is 20.2 Å². The van der Waals surface area contributed by atoms with Crippen LogP contribution in [0, 0.1) is 21.4 Å². The van der Waals surface area contributed by atoms with Crippen molar-refractivity contribution in [2.45, 2.75) is 13.8 Å². The Morgan fingerprint density at radius 2 is 1.86 bits per heavy atom. The number of nitrogens with one attached hydrogen (secondary N) is 2. The zero-order chi connectivity index (χ0) is 20.5. The second kappa shape index (κ2) is 9.73. The summed E-state index contributed by atoms with van der Waals surface area (Å²) in [5.74, 6) is -0.657. The molecule has 2 N–H and O–H groups in total. The molecule has 2 aromatic rings. The highest BCUT2D eigenvalue weighted by atomic mass is 16.6. The molecule has 0 aromatic heterocycles. The third-order valence-corrected chi connectivity index (χ3v) is 4.06. The van der Waals surface area contributed by atoms with Crippen LogP contribution in [0.2, 0.25) is 0 Å². The van der Waals surface area contributed by atoms with Crippen molar-refractivity contribution in [1.82, 2.24) is 0 Å². The first kappa shape index (κ1) is 20.5. The normalized spacial score (nSPS) is 10.7. The molecule has 0 radical (unpaired) electrons. The van der Waals surface area contributed by atoms with Gasteiger partial charge in [-0.3, -0.25) is 14.9 Å². The standard InChI is InChI=1S/C20H21N5O3/c1-3-24(4-2)18-10-8-16(9-11-18)22-14-15(13-21)20(26)23-17-6-5-7-19(12-17)25(27)28/h5-12,14,22H,3-4H2,1-2H3,(H,23,26)/b15-14-. The van der Waals surface area contributed by atoms with Crippen molar-refractivity contribution < 1.29 is 9.72 Å². The first-order valence-electron chi connectivity index (χ1n) is 8.76. The molecule has 8 heteroatoms. The van der Waals surface area contributed by atoms with Crippen molar-refractivity contribution in [3.05, 3.63) is 70.4 Å². The molecular weight excluding hydrogens is 358 g/mol. The first-order valence-corrected chi connectivity index (χ1v) is 8.76. The summed E-state index contributed by atoms with van der Waals surface area (Å²) in [4.78, 5) is 24.7. The lowest BCUT2D eigenvalue weighted by Gasteiger charge is -2.21. The van der Waals surface area contributed by atoms with Gasteiger partial charge < -0.3 is 15.5 Å². The molecule has 1 amide bonds. The van der Waals surface area contributed by atoms with E-state index >= 15 is 0 Å². The molecule has 144 valence electrons. The summed E-state index contributed by atoms with van der Waals surface area (Å²) in [6.45, 7) is 5.97. The number of hydrogen-bond acceptors (Lipinski definition) is 6. The predicted molar refractivity (Wildman–Crippen MR) is 109 cm³/mol. The molecule has 0 unspecified atom stereocenters. The lowest BCUT2D eigenvalue weighted by molar-refractivity contribution is -0.384. The Morgan fingerprint density at radius 1 is 1.18 bits per heavy atom. The zero-order valence-corrected chi connectivity index (χ0v) is 15.7. The second-order valence-corrected chi connectivity index (χ2v) is 5.79. The van der Waals surface area contributed by atoms with Gasteiger partial charge in [0.2, 0.25) is 0 Å². The third kappa shape index (κ3) is 5.32. The zero-order valence-electron chi connectivity index (χ0n) is 15.7. The number of carbonyl (C=O) groups is 1. The van der Waals surface area contributed by atoms with Crippen LogP contribution in [0.25, 0.3) is 0 Å². The quantitative estimate of drug-likeness (QED) is 0.311. The van der Waals surface area contributed by atoms with E-state index < -0.39 is 10.8 Å². The molecule has 0 spiro atoms. The van der Waals surface area contributed by atoms with Crippen LogP contribution in [0.5, 0.6) is 0 Å². The van der Waals surface area contributed by atoms with Crippen LogP contribution in [-0.2, 0) is 4.79 Å². The highest BCUT2D eigenvalue weighted by molar-refractivity contribution is 6.06. The molecule has 8 nitrogen and oxygen atoms in total. The maximum atomic E-state index is 12.2. The van der Waals surface area contributed by atoms with Crippen LogP contribution in [0.1, 0.15) is 13.8 Å². The molecule has 2 rings (SSSR count). The van der Waals surface area contributed by atoms with Gasteiger partial charge in [0.15, 0.2) is 0 Å². The molecule has 0 atom stereocenters. The molecule has 0 fully saturated rings. The number of hydrogen-bond donors (Lipinski definition) is 2. The Bertz CT molecular complexity index is 912. The Balaban J connectivity index is 2.07. The van der Waals surface area contributed by atoms with Gasteiger partial charge in [0, 0.05) is 48.5 Å². The number of carbonyl (C=O) groups excluding carboxylic acids is 1. The van der Waals surface area contributed by atoms with Gasteiger partial charge in [-0.2, -0.15) is 5.26 Å². The van der Waals surface area contributed by atoms with Crippen LogP contribution in [0.3, 0.4) is 0 Å². The number of non-ortho nitro benzene ring substituents is 1. The highest BCUT2D eigenvalue weighted by Crippen LogP contribution is 2.19. The van der Waals surface area contributed by atoms with Gasteiger partial charge in [0.1, 0.15) is 11.6 Å². The number of rotatable bonds is 8. The summed E-state index contributed by atoms with van der Waals surface area (Å²) < 4.78 is 0. The predicted octanol–water partition coefficient (Wildman–Crippen LogP) is 3.90. The van der Waals surface area contributed by atoms with Gasteiger partial charge in [-0.25, -0.2) is 0 Å². The van der Waals surface area contributed by atoms with E-state index in [-0.39, 0.29) is 16.9 Å². The lowest BCUT2D eigenvalue weighted by atomic mass is 10.2. The van der Waals surface area contributed by atoms with Gasteiger partial charge in [0.25, 0.3) is 11.6 Å². The summed E-state index contributed by atoms with van der Waals surface area (Å²) in [5.41, 5.74) is 1.75. The number of anilines is 3. The number of nitro groups is 1. The van der Waals surface area contributed by atoms with Gasteiger partial charge in [-0.1, -0.05) is 6.07 Å². The molecule has 28 heavy (non-hydrogen) atoms. The minimum atomic E-state index is -0.657. The van der Waals surface area contributed by atoms with Crippen molar-refractivity contribution in [3.63, 3.8) is 0 Å². The van der Waals surface area contributed by atoms with Gasteiger partial charge in [0.05, 0.1) is 4.92 Å².